The SMILES string of the molecule is C=C(CC)COc1ccc(S(=O)(=O)Cl)c2ccccc12. The van der Waals surface area contributed by atoms with E-state index in [4.69, 9.17) is 15.4 Å². The van der Waals surface area contributed by atoms with E-state index in [9.17, 15) is 8.42 Å². The van der Waals surface area contributed by atoms with E-state index >= 15 is 0 Å². The zero-order valence-corrected chi connectivity index (χ0v) is 12.7. The molecular formula is C15H15ClO3S. The standard InChI is InChI=1S/C15H15ClO3S/c1-3-11(2)10-19-14-8-9-15(20(16,17)18)13-7-5-4-6-12(13)14/h4-9H,2-3,10H2,1H3. The number of fused-ring (bicyclic) bond motifs is 1. The molecule has 0 bridgehead atoms. The maximum absolute atomic E-state index is 11.6. The Morgan fingerprint density at radius 1 is 1.20 bits per heavy atom. The van der Waals surface area contributed by atoms with Gasteiger partial charge in [0.1, 0.15) is 12.4 Å². The number of benzene rings is 2. The third-order valence-electron chi connectivity index (χ3n) is 3.04. The predicted molar refractivity (Wildman–Crippen MR) is 81.9 cm³/mol. The molecule has 0 unspecified atom stereocenters. The molecule has 2 rings (SSSR count). The zero-order chi connectivity index (χ0) is 14.8. The van der Waals surface area contributed by atoms with Gasteiger partial charge in [0.25, 0.3) is 9.05 Å². The summed E-state index contributed by atoms with van der Waals surface area (Å²) in [7, 11) is 1.67. The molecule has 5 heteroatoms. The van der Waals surface area contributed by atoms with Gasteiger partial charge in [-0.15, -0.1) is 0 Å². The van der Waals surface area contributed by atoms with E-state index in [0.717, 1.165) is 17.4 Å². The van der Waals surface area contributed by atoms with Crippen molar-refractivity contribution in [2.24, 2.45) is 0 Å². The summed E-state index contributed by atoms with van der Waals surface area (Å²) in [6.45, 7) is 6.30. The van der Waals surface area contributed by atoms with Crippen molar-refractivity contribution < 1.29 is 13.2 Å². The summed E-state index contributed by atoms with van der Waals surface area (Å²) in [6, 6.07) is 10.2. The summed E-state index contributed by atoms with van der Waals surface area (Å²) in [5.41, 5.74) is 0.975. The van der Waals surface area contributed by atoms with E-state index in [-0.39, 0.29) is 4.90 Å². The third kappa shape index (κ3) is 3.14. The monoisotopic (exact) mass is 310 g/mol. The summed E-state index contributed by atoms with van der Waals surface area (Å²) in [5.74, 6) is 0.624. The minimum absolute atomic E-state index is 0.0939. The van der Waals surface area contributed by atoms with Gasteiger partial charge in [-0.2, -0.15) is 0 Å². The van der Waals surface area contributed by atoms with Crippen molar-refractivity contribution in [2.45, 2.75) is 18.2 Å². The van der Waals surface area contributed by atoms with Gasteiger partial charge in [0.15, 0.2) is 0 Å². The Kier molecular flexibility index (Phi) is 4.35. The zero-order valence-electron chi connectivity index (χ0n) is 11.1. The first-order chi connectivity index (χ1) is 9.43. The summed E-state index contributed by atoms with van der Waals surface area (Å²) >= 11 is 0. The van der Waals surface area contributed by atoms with Crippen molar-refractivity contribution >= 4 is 30.5 Å². The molecule has 0 amide bonds. The highest BCUT2D eigenvalue weighted by Gasteiger charge is 2.16. The lowest BCUT2D eigenvalue weighted by atomic mass is 10.1. The van der Waals surface area contributed by atoms with E-state index in [1.807, 2.05) is 19.1 Å². The van der Waals surface area contributed by atoms with Crippen LogP contribution in [0.4, 0.5) is 0 Å². The van der Waals surface area contributed by atoms with Gasteiger partial charge in [0.2, 0.25) is 0 Å². The fourth-order valence-electron chi connectivity index (χ4n) is 1.86. The molecule has 0 aliphatic carbocycles. The van der Waals surface area contributed by atoms with Crippen molar-refractivity contribution in [3.05, 3.63) is 48.6 Å². The Morgan fingerprint density at radius 3 is 2.45 bits per heavy atom. The molecule has 0 N–H and O–H groups in total. The van der Waals surface area contributed by atoms with E-state index in [2.05, 4.69) is 6.58 Å². The highest BCUT2D eigenvalue weighted by molar-refractivity contribution is 8.14. The lowest BCUT2D eigenvalue weighted by molar-refractivity contribution is 0.353. The Bertz CT molecular complexity index is 751. The molecule has 0 heterocycles. The number of hydrogen-bond acceptors (Lipinski definition) is 3. The van der Waals surface area contributed by atoms with E-state index in [1.165, 1.54) is 6.07 Å². The molecule has 0 aromatic heterocycles. The minimum Gasteiger partial charge on any atom is -0.489 e. The van der Waals surface area contributed by atoms with Gasteiger partial charge in [-0.05, 0) is 24.1 Å². The molecule has 0 spiro atoms. The average molecular weight is 311 g/mol. The van der Waals surface area contributed by atoms with Crippen molar-refractivity contribution in [1.82, 2.24) is 0 Å². The molecule has 0 saturated carbocycles. The molecule has 3 nitrogen and oxygen atoms in total. The van der Waals surface area contributed by atoms with E-state index < -0.39 is 9.05 Å². The van der Waals surface area contributed by atoms with Crippen LogP contribution in [0.1, 0.15) is 13.3 Å². The van der Waals surface area contributed by atoms with Crippen LogP contribution >= 0.6 is 10.7 Å². The number of ether oxygens (including phenoxy) is 1. The molecule has 106 valence electrons. The van der Waals surface area contributed by atoms with Crippen LogP contribution in [-0.4, -0.2) is 15.0 Å². The van der Waals surface area contributed by atoms with Gasteiger partial charge in [-0.3, -0.25) is 0 Å². The summed E-state index contributed by atoms with van der Waals surface area (Å²) in [6.07, 6.45) is 0.839. The maximum Gasteiger partial charge on any atom is 0.261 e. The van der Waals surface area contributed by atoms with Gasteiger partial charge in [0, 0.05) is 21.5 Å². The number of rotatable bonds is 5. The topological polar surface area (TPSA) is 43.4 Å². The normalized spacial score (nSPS) is 11.5. The van der Waals surface area contributed by atoms with Crippen LogP contribution in [0.2, 0.25) is 0 Å². The highest BCUT2D eigenvalue weighted by Crippen LogP contribution is 2.32. The first kappa shape index (κ1) is 14.9. The Morgan fingerprint density at radius 2 is 1.85 bits per heavy atom. The smallest absolute Gasteiger partial charge is 0.261 e. The first-order valence-electron chi connectivity index (χ1n) is 6.19. The largest absolute Gasteiger partial charge is 0.489 e. The summed E-state index contributed by atoms with van der Waals surface area (Å²) in [4.78, 5) is 0.0939. The molecule has 0 fully saturated rings. The van der Waals surface area contributed by atoms with Crippen LogP contribution < -0.4 is 4.74 Å². The van der Waals surface area contributed by atoms with Crippen molar-refractivity contribution in [1.29, 1.82) is 0 Å². The number of hydrogen-bond donors (Lipinski definition) is 0. The fourth-order valence-corrected chi connectivity index (χ4v) is 2.94. The van der Waals surface area contributed by atoms with Gasteiger partial charge < -0.3 is 4.74 Å². The Balaban J connectivity index is 2.52. The van der Waals surface area contributed by atoms with Gasteiger partial charge in [0.05, 0.1) is 4.90 Å². The molecule has 0 atom stereocenters. The quantitative estimate of drug-likeness (QED) is 0.616. The van der Waals surface area contributed by atoms with E-state index in [1.54, 1.807) is 18.2 Å². The molecule has 0 aliphatic rings. The minimum atomic E-state index is -3.78. The Labute approximate surface area is 123 Å². The van der Waals surface area contributed by atoms with Crippen LogP contribution in [0.3, 0.4) is 0 Å². The molecule has 0 aliphatic heterocycles. The molecule has 0 radical (unpaired) electrons. The summed E-state index contributed by atoms with van der Waals surface area (Å²) in [5, 5.41) is 1.28. The first-order valence-corrected chi connectivity index (χ1v) is 8.50. The third-order valence-corrected chi connectivity index (χ3v) is 4.42. The highest BCUT2D eigenvalue weighted by atomic mass is 35.7. The van der Waals surface area contributed by atoms with Crippen LogP contribution in [0.5, 0.6) is 5.75 Å². The summed E-state index contributed by atoms with van der Waals surface area (Å²) < 4.78 is 28.9. The van der Waals surface area contributed by atoms with Crippen molar-refractivity contribution in [2.75, 3.05) is 6.61 Å². The van der Waals surface area contributed by atoms with Crippen LogP contribution in [0, 0.1) is 0 Å². The molecule has 2 aromatic rings. The lowest BCUT2D eigenvalue weighted by Gasteiger charge is -2.12. The maximum atomic E-state index is 11.6. The van der Waals surface area contributed by atoms with Crippen molar-refractivity contribution in [3.63, 3.8) is 0 Å². The molecule has 0 saturated heterocycles. The van der Waals surface area contributed by atoms with Crippen LogP contribution in [0.15, 0.2) is 53.4 Å². The van der Waals surface area contributed by atoms with Gasteiger partial charge in [-0.1, -0.05) is 37.8 Å². The second-order valence-corrected chi connectivity index (χ2v) is 6.97. The fraction of sp³-hybridized carbons (Fsp3) is 0.200. The predicted octanol–water partition coefficient (Wildman–Crippen LogP) is 4.11. The molecular weight excluding hydrogens is 296 g/mol. The molecule has 20 heavy (non-hydrogen) atoms. The van der Waals surface area contributed by atoms with Crippen LogP contribution in [0.25, 0.3) is 10.8 Å². The second-order valence-electron chi connectivity index (χ2n) is 4.44. The molecule has 2 aromatic carbocycles. The van der Waals surface area contributed by atoms with Crippen molar-refractivity contribution in [3.8, 4) is 5.75 Å². The Hall–Kier alpha value is -1.52. The average Bonchev–Trinajstić information content (AvgIpc) is 2.43. The van der Waals surface area contributed by atoms with Crippen LogP contribution in [-0.2, 0) is 9.05 Å². The lowest BCUT2D eigenvalue weighted by Crippen LogP contribution is -2.01. The number of halogens is 1. The second kappa shape index (κ2) is 5.85. The van der Waals surface area contributed by atoms with E-state index in [0.29, 0.717) is 17.7 Å². The van der Waals surface area contributed by atoms with Gasteiger partial charge in [-0.25, -0.2) is 8.42 Å². The van der Waals surface area contributed by atoms with Gasteiger partial charge >= 0.3 is 0 Å².